The lowest BCUT2D eigenvalue weighted by Crippen LogP contribution is -2.51. The van der Waals surface area contributed by atoms with Crippen LogP contribution >= 0.6 is 11.8 Å². The van der Waals surface area contributed by atoms with Crippen LogP contribution in [0.5, 0.6) is 0 Å². The molecule has 144 valence electrons. The number of hydrogen-bond acceptors (Lipinski definition) is 3. The van der Waals surface area contributed by atoms with Crippen molar-refractivity contribution in [2.45, 2.75) is 69.2 Å². The van der Waals surface area contributed by atoms with Gasteiger partial charge >= 0.3 is 24.0 Å². The number of carbonyl (C=O) groups excluding carboxylic acids is 1. The molecule has 0 radical (unpaired) electrons. The van der Waals surface area contributed by atoms with Gasteiger partial charge in [-0.15, -0.1) is 11.8 Å². The molecule has 0 aliphatic heterocycles. The van der Waals surface area contributed by atoms with Gasteiger partial charge < -0.3 is 4.74 Å². The van der Waals surface area contributed by atoms with Crippen molar-refractivity contribution in [2.75, 3.05) is 12.4 Å². The van der Waals surface area contributed by atoms with E-state index in [1.54, 1.807) is 6.92 Å². The molecule has 0 heterocycles. The summed E-state index contributed by atoms with van der Waals surface area (Å²) in [5.41, 5.74) is 0. The van der Waals surface area contributed by atoms with E-state index in [4.69, 9.17) is 4.74 Å². The molecule has 0 bridgehead atoms. The van der Waals surface area contributed by atoms with Crippen LogP contribution in [0, 0.1) is 0 Å². The Kier molecular flexibility index (Phi) is 9.45. The van der Waals surface area contributed by atoms with Gasteiger partial charge in [0.15, 0.2) is 0 Å². The summed E-state index contributed by atoms with van der Waals surface area (Å²) in [4.78, 5) is 11.6. The lowest BCUT2D eigenvalue weighted by atomic mass is 10.0. The van der Waals surface area contributed by atoms with Crippen LogP contribution < -0.4 is 0 Å². The van der Waals surface area contributed by atoms with E-state index in [2.05, 4.69) is 0 Å². The van der Waals surface area contributed by atoms with Crippen LogP contribution in [-0.4, -0.2) is 41.6 Å². The summed E-state index contributed by atoms with van der Waals surface area (Å²) in [7, 11) is 0. The summed E-state index contributed by atoms with van der Waals surface area (Å²) in [6, 6.07) is 0. The van der Waals surface area contributed by atoms with Gasteiger partial charge in [-0.1, -0.05) is 13.8 Å². The van der Waals surface area contributed by atoms with Crippen molar-refractivity contribution in [3.8, 4) is 0 Å². The van der Waals surface area contributed by atoms with Crippen LogP contribution in [0.3, 0.4) is 0 Å². The summed E-state index contributed by atoms with van der Waals surface area (Å²) in [6.45, 7) is 3.80. The van der Waals surface area contributed by atoms with Crippen LogP contribution in [-0.2, 0) is 9.53 Å². The Bertz CT molecular complexity index is 386. The molecule has 24 heavy (non-hydrogen) atoms. The smallest absolute Gasteiger partial charge is 0.459 e. The van der Waals surface area contributed by atoms with E-state index in [1.165, 1.54) is 0 Å². The number of carbonyl (C=O) groups is 1. The minimum Gasteiger partial charge on any atom is -0.465 e. The highest BCUT2D eigenvalue weighted by molar-refractivity contribution is 8.00. The zero-order chi connectivity index (χ0) is 19.0. The third-order valence-corrected chi connectivity index (χ3v) is 4.55. The third kappa shape index (κ3) is 6.68. The standard InChI is InChI=1S/C14H21F7O2S/c1-3-8-23-11(22)10(4-2)24-9-6-5-7-12(15,16)13(17,18)14(19,20)21/h10H,3-9H2,1-2H3. The third-order valence-electron chi connectivity index (χ3n) is 3.10. The summed E-state index contributed by atoms with van der Waals surface area (Å²) in [6.07, 6.45) is -7.29. The number of rotatable bonds is 11. The Morgan fingerprint density at radius 1 is 1.04 bits per heavy atom. The first-order valence-corrected chi connectivity index (χ1v) is 8.56. The molecule has 2 nitrogen and oxygen atoms in total. The summed E-state index contributed by atoms with van der Waals surface area (Å²) in [5, 5.41) is -0.506. The molecule has 1 atom stereocenters. The van der Waals surface area contributed by atoms with Crippen LogP contribution in [0.4, 0.5) is 30.7 Å². The molecule has 0 aliphatic rings. The fourth-order valence-electron chi connectivity index (χ4n) is 1.69. The molecule has 0 aromatic carbocycles. The zero-order valence-electron chi connectivity index (χ0n) is 13.4. The average Bonchev–Trinajstić information content (AvgIpc) is 2.47. The van der Waals surface area contributed by atoms with Gasteiger partial charge in [0, 0.05) is 6.42 Å². The molecule has 0 spiro atoms. The fraction of sp³-hybridized carbons (Fsp3) is 0.929. The van der Waals surface area contributed by atoms with Gasteiger partial charge in [-0.2, -0.15) is 30.7 Å². The number of thioether (sulfide) groups is 1. The Hall–Kier alpha value is -0.670. The SMILES string of the molecule is CCCOC(=O)C(CC)SCCCCC(F)(F)C(F)(F)C(F)(F)F. The Balaban J connectivity index is 4.27. The number of unbranched alkanes of at least 4 members (excludes halogenated alkanes) is 1. The zero-order valence-corrected chi connectivity index (χ0v) is 14.2. The minimum atomic E-state index is -6.29. The predicted molar refractivity (Wildman–Crippen MR) is 77.6 cm³/mol. The molecule has 0 saturated carbocycles. The van der Waals surface area contributed by atoms with Gasteiger partial charge in [-0.3, -0.25) is 4.79 Å². The summed E-state index contributed by atoms with van der Waals surface area (Å²) >= 11 is 1.11. The van der Waals surface area contributed by atoms with Gasteiger partial charge in [-0.05, 0) is 31.4 Å². The van der Waals surface area contributed by atoms with E-state index < -0.39 is 42.1 Å². The normalized spacial score (nSPS) is 14.5. The molecule has 0 fully saturated rings. The first kappa shape index (κ1) is 23.3. The lowest BCUT2D eigenvalue weighted by Gasteiger charge is -2.28. The predicted octanol–water partition coefficient (Wildman–Crippen LogP) is 5.45. The number of esters is 1. The largest absolute Gasteiger partial charge is 0.465 e. The number of hydrogen-bond donors (Lipinski definition) is 0. The van der Waals surface area contributed by atoms with Crippen molar-refractivity contribution < 1.29 is 40.3 Å². The maximum Gasteiger partial charge on any atom is 0.459 e. The van der Waals surface area contributed by atoms with E-state index in [-0.39, 0.29) is 18.8 Å². The van der Waals surface area contributed by atoms with Crippen molar-refractivity contribution in [1.82, 2.24) is 0 Å². The second kappa shape index (κ2) is 9.72. The Labute approximate surface area is 140 Å². The molecule has 1 unspecified atom stereocenters. The number of ether oxygens (including phenoxy) is 1. The highest BCUT2D eigenvalue weighted by Crippen LogP contribution is 2.48. The Morgan fingerprint density at radius 2 is 1.62 bits per heavy atom. The topological polar surface area (TPSA) is 26.3 Å². The minimum absolute atomic E-state index is 0.00818. The van der Waals surface area contributed by atoms with Crippen molar-refractivity contribution in [3.63, 3.8) is 0 Å². The second-order valence-electron chi connectivity index (χ2n) is 5.17. The van der Waals surface area contributed by atoms with E-state index in [0.29, 0.717) is 12.8 Å². The molecule has 10 heteroatoms. The summed E-state index contributed by atoms with van der Waals surface area (Å²) < 4.78 is 92.3. The quantitative estimate of drug-likeness (QED) is 0.268. The van der Waals surface area contributed by atoms with Gasteiger partial charge in [0.1, 0.15) is 5.25 Å². The van der Waals surface area contributed by atoms with Gasteiger partial charge in [0.25, 0.3) is 0 Å². The van der Waals surface area contributed by atoms with Crippen molar-refractivity contribution in [1.29, 1.82) is 0 Å². The highest BCUT2D eigenvalue weighted by atomic mass is 32.2. The Morgan fingerprint density at radius 3 is 2.08 bits per heavy atom. The van der Waals surface area contributed by atoms with Gasteiger partial charge in [-0.25, -0.2) is 0 Å². The highest BCUT2D eigenvalue weighted by Gasteiger charge is 2.72. The molecular weight excluding hydrogens is 365 g/mol. The summed E-state index contributed by atoms with van der Waals surface area (Å²) in [5.74, 6) is -11.5. The fourth-order valence-corrected chi connectivity index (χ4v) is 2.78. The lowest BCUT2D eigenvalue weighted by molar-refractivity contribution is -0.355. The van der Waals surface area contributed by atoms with Crippen molar-refractivity contribution in [2.24, 2.45) is 0 Å². The molecule has 0 amide bonds. The molecule has 0 N–H and O–H groups in total. The average molecular weight is 386 g/mol. The number of halogens is 7. The van der Waals surface area contributed by atoms with E-state index >= 15 is 0 Å². The van der Waals surface area contributed by atoms with Gasteiger partial charge in [0.05, 0.1) is 6.61 Å². The first-order chi connectivity index (χ1) is 10.9. The van der Waals surface area contributed by atoms with E-state index in [9.17, 15) is 35.5 Å². The second-order valence-corrected chi connectivity index (χ2v) is 6.48. The van der Waals surface area contributed by atoms with Crippen molar-refractivity contribution >= 4 is 17.7 Å². The monoisotopic (exact) mass is 386 g/mol. The molecule has 0 aliphatic carbocycles. The molecular formula is C14H21F7O2S. The molecule has 0 saturated heterocycles. The van der Waals surface area contributed by atoms with Gasteiger partial charge in [0.2, 0.25) is 0 Å². The maximum absolute atomic E-state index is 13.1. The van der Waals surface area contributed by atoms with Crippen molar-refractivity contribution in [3.05, 3.63) is 0 Å². The maximum atomic E-state index is 13.1. The number of alkyl halides is 7. The van der Waals surface area contributed by atoms with Crippen LogP contribution in [0.2, 0.25) is 0 Å². The van der Waals surface area contributed by atoms with E-state index in [1.807, 2.05) is 6.92 Å². The molecule has 0 rings (SSSR count). The van der Waals surface area contributed by atoms with Crippen LogP contribution in [0.25, 0.3) is 0 Å². The van der Waals surface area contributed by atoms with Crippen LogP contribution in [0.1, 0.15) is 46.0 Å². The van der Waals surface area contributed by atoms with Crippen LogP contribution in [0.15, 0.2) is 0 Å². The first-order valence-electron chi connectivity index (χ1n) is 7.51. The molecule has 0 aromatic rings. The van der Waals surface area contributed by atoms with E-state index in [0.717, 1.165) is 11.8 Å². The molecule has 0 aromatic heterocycles.